The van der Waals surface area contributed by atoms with Crippen molar-refractivity contribution in [1.82, 2.24) is 4.31 Å². The molecule has 31 heavy (non-hydrogen) atoms. The number of hydrogen-bond acceptors (Lipinski definition) is 4. The van der Waals surface area contributed by atoms with Crippen LogP contribution in [0.3, 0.4) is 0 Å². The van der Waals surface area contributed by atoms with Gasteiger partial charge in [0.2, 0.25) is 21.8 Å². The van der Waals surface area contributed by atoms with Crippen LogP contribution in [0.15, 0.2) is 47.4 Å². The molecule has 2 aliphatic rings. The first-order valence-electron chi connectivity index (χ1n) is 10.3. The average Bonchev–Trinajstić information content (AvgIpc) is 3.38. The highest BCUT2D eigenvalue weighted by Gasteiger charge is 2.39. The highest BCUT2D eigenvalue weighted by Crippen LogP contribution is 2.32. The number of carbonyl (C=O) groups excluding carboxylic acids is 2. The van der Waals surface area contributed by atoms with Crippen LogP contribution in [-0.4, -0.2) is 43.7 Å². The molecule has 0 aromatic heterocycles. The zero-order chi connectivity index (χ0) is 22.2. The molecule has 2 amide bonds. The van der Waals surface area contributed by atoms with Crippen molar-refractivity contribution in [2.24, 2.45) is 0 Å². The molecule has 1 N–H and O–H groups in total. The van der Waals surface area contributed by atoms with E-state index in [0.717, 1.165) is 12.0 Å². The molecule has 2 fully saturated rings. The smallest absolute Gasteiger partial charge is 0.243 e. The second-order valence-electron chi connectivity index (χ2n) is 7.89. The summed E-state index contributed by atoms with van der Waals surface area (Å²) in [6.07, 6.45) is 2.35. The second kappa shape index (κ2) is 8.61. The predicted molar refractivity (Wildman–Crippen MR) is 120 cm³/mol. The number of halogens is 1. The van der Waals surface area contributed by atoms with E-state index in [-0.39, 0.29) is 10.8 Å². The van der Waals surface area contributed by atoms with Crippen LogP contribution in [0.4, 0.5) is 11.4 Å². The van der Waals surface area contributed by atoms with Gasteiger partial charge in [0.1, 0.15) is 6.04 Å². The Bertz CT molecular complexity index is 1120. The van der Waals surface area contributed by atoms with Gasteiger partial charge in [-0.05, 0) is 56.5 Å². The summed E-state index contributed by atoms with van der Waals surface area (Å²) in [6, 6.07) is 10.8. The molecule has 0 spiro atoms. The van der Waals surface area contributed by atoms with Gasteiger partial charge in [0, 0.05) is 25.2 Å². The van der Waals surface area contributed by atoms with Crippen molar-refractivity contribution in [3.63, 3.8) is 0 Å². The molecule has 0 unspecified atom stereocenters. The van der Waals surface area contributed by atoms with Crippen LogP contribution in [0.25, 0.3) is 0 Å². The van der Waals surface area contributed by atoms with E-state index in [4.69, 9.17) is 11.6 Å². The van der Waals surface area contributed by atoms with Crippen molar-refractivity contribution >= 4 is 44.8 Å². The van der Waals surface area contributed by atoms with Gasteiger partial charge in [0.25, 0.3) is 0 Å². The molecule has 0 saturated carbocycles. The second-order valence-corrected chi connectivity index (χ2v) is 10.2. The van der Waals surface area contributed by atoms with Crippen molar-refractivity contribution in [2.45, 2.75) is 43.5 Å². The summed E-state index contributed by atoms with van der Waals surface area (Å²) in [5, 5.41) is 3.15. The van der Waals surface area contributed by atoms with Crippen LogP contribution in [-0.2, 0) is 19.6 Å². The lowest BCUT2D eigenvalue weighted by Gasteiger charge is -2.24. The zero-order valence-corrected chi connectivity index (χ0v) is 18.7. The van der Waals surface area contributed by atoms with Crippen molar-refractivity contribution in [1.29, 1.82) is 0 Å². The summed E-state index contributed by atoms with van der Waals surface area (Å²) >= 11 is 6.36. The fourth-order valence-electron chi connectivity index (χ4n) is 4.07. The number of hydrogen-bond donors (Lipinski definition) is 1. The van der Waals surface area contributed by atoms with Crippen molar-refractivity contribution in [3.05, 3.63) is 53.1 Å². The summed E-state index contributed by atoms with van der Waals surface area (Å²) in [7, 11) is -3.77. The van der Waals surface area contributed by atoms with Crippen molar-refractivity contribution in [3.8, 4) is 0 Å². The number of aryl methyl sites for hydroxylation is 1. The summed E-state index contributed by atoms with van der Waals surface area (Å²) in [6.45, 7) is 2.81. The molecule has 4 rings (SSSR count). The summed E-state index contributed by atoms with van der Waals surface area (Å²) in [5.41, 5.74) is 2.04. The largest absolute Gasteiger partial charge is 0.325 e. The summed E-state index contributed by atoms with van der Waals surface area (Å²) < 4.78 is 27.4. The molecule has 0 aliphatic carbocycles. The summed E-state index contributed by atoms with van der Waals surface area (Å²) in [5.74, 6) is -0.365. The number of amides is 2. The Kier molecular flexibility index (Phi) is 6.05. The standard InChI is InChI=1S/C22H24ClN3O4S/c1-15-6-9-17(10-7-15)31(29,30)26-13-2-4-20(26)22(28)24-16-8-11-19(18(23)14-16)25-12-3-5-21(25)27/h6-11,14,20H,2-5,12-13H2,1H3,(H,24,28)/t20-/m1/s1. The third kappa shape index (κ3) is 4.33. The number of carbonyl (C=O) groups is 2. The highest BCUT2D eigenvalue weighted by molar-refractivity contribution is 7.89. The maximum Gasteiger partial charge on any atom is 0.243 e. The lowest BCUT2D eigenvalue weighted by atomic mass is 10.2. The van der Waals surface area contributed by atoms with Gasteiger partial charge in [0.05, 0.1) is 15.6 Å². The van der Waals surface area contributed by atoms with E-state index >= 15 is 0 Å². The maximum absolute atomic E-state index is 13.1. The molecule has 2 aromatic carbocycles. The molecule has 2 heterocycles. The van der Waals surface area contributed by atoms with Gasteiger partial charge in [-0.15, -0.1) is 0 Å². The Morgan fingerprint density at radius 1 is 1.10 bits per heavy atom. The van der Waals surface area contributed by atoms with Crippen LogP contribution in [0.1, 0.15) is 31.2 Å². The van der Waals surface area contributed by atoms with E-state index in [1.54, 1.807) is 47.4 Å². The molecule has 1 atom stereocenters. The molecule has 164 valence electrons. The van der Waals surface area contributed by atoms with E-state index in [1.807, 2.05) is 6.92 Å². The van der Waals surface area contributed by atoms with Gasteiger partial charge >= 0.3 is 0 Å². The Balaban J connectivity index is 1.51. The Morgan fingerprint density at radius 2 is 1.84 bits per heavy atom. The molecule has 7 nitrogen and oxygen atoms in total. The Labute approximate surface area is 187 Å². The van der Waals surface area contributed by atoms with E-state index in [1.165, 1.54) is 4.31 Å². The third-order valence-electron chi connectivity index (χ3n) is 5.71. The highest BCUT2D eigenvalue weighted by atomic mass is 35.5. The first-order valence-corrected chi connectivity index (χ1v) is 12.1. The number of nitrogens with one attached hydrogen (secondary N) is 1. The summed E-state index contributed by atoms with van der Waals surface area (Å²) in [4.78, 5) is 26.7. The van der Waals surface area contributed by atoms with E-state index in [9.17, 15) is 18.0 Å². The fourth-order valence-corrected chi connectivity index (χ4v) is 6.01. The van der Waals surface area contributed by atoms with Gasteiger partial charge in [0.15, 0.2) is 0 Å². The minimum absolute atomic E-state index is 0.0293. The van der Waals surface area contributed by atoms with Gasteiger partial charge < -0.3 is 10.2 Å². The average molecular weight is 462 g/mol. The molecule has 2 saturated heterocycles. The van der Waals surface area contributed by atoms with Crippen molar-refractivity contribution in [2.75, 3.05) is 23.3 Å². The van der Waals surface area contributed by atoms with Crippen LogP contribution in [0.2, 0.25) is 5.02 Å². The van der Waals surface area contributed by atoms with Gasteiger partial charge in [-0.25, -0.2) is 8.42 Å². The van der Waals surface area contributed by atoms with Gasteiger partial charge in [-0.3, -0.25) is 9.59 Å². The lowest BCUT2D eigenvalue weighted by Crippen LogP contribution is -2.43. The van der Waals surface area contributed by atoms with Crippen molar-refractivity contribution < 1.29 is 18.0 Å². The Morgan fingerprint density at radius 3 is 2.48 bits per heavy atom. The molecule has 2 aliphatic heterocycles. The normalized spacial score (nSPS) is 19.7. The minimum atomic E-state index is -3.77. The molecular weight excluding hydrogens is 438 g/mol. The lowest BCUT2D eigenvalue weighted by molar-refractivity contribution is -0.119. The quantitative estimate of drug-likeness (QED) is 0.737. The minimum Gasteiger partial charge on any atom is -0.325 e. The van der Waals surface area contributed by atoms with E-state index in [2.05, 4.69) is 5.32 Å². The topological polar surface area (TPSA) is 86.8 Å². The fraction of sp³-hybridized carbons (Fsp3) is 0.364. The maximum atomic E-state index is 13.1. The molecular formula is C22H24ClN3O4S. The first-order chi connectivity index (χ1) is 14.8. The predicted octanol–water partition coefficient (Wildman–Crippen LogP) is 3.57. The number of nitrogens with zero attached hydrogens (tertiary/aromatic N) is 2. The number of benzene rings is 2. The van der Waals surface area contributed by atoms with Gasteiger partial charge in [-0.2, -0.15) is 4.31 Å². The van der Waals surface area contributed by atoms with E-state index < -0.39 is 22.0 Å². The zero-order valence-electron chi connectivity index (χ0n) is 17.2. The molecule has 0 radical (unpaired) electrons. The van der Waals surface area contributed by atoms with Crippen LogP contribution < -0.4 is 10.2 Å². The monoisotopic (exact) mass is 461 g/mol. The number of rotatable bonds is 5. The van der Waals surface area contributed by atoms with Gasteiger partial charge in [-0.1, -0.05) is 29.3 Å². The molecule has 0 bridgehead atoms. The Hall–Kier alpha value is -2.42. The number of anilines is 2. The molecule has 9 heteroatoms. The molecule has 2 aromatic rings. The van der Waals surface area contributed by atoms with E-state index in [0.29, 0.717) is 48.7 Å². The third-order valence-corrected chi connectivity index (χ3v) is 7.94. The SMILES string of the molecule is Cc1ccc(S(=O)(=O)N2CCC[C@@H]2C(=O)Nc2ccc(N3CCCC3=O)c(Cl)c2)cc1. The van der Waals surface area contributed by atoms with Crippen LogP contribution >= 0.6 is 11.6 Å². The van der Waals surface area contributed by atoms with Crippen LogP contribution in [0.5, 0.6) is 0 Å². The number of sulfonamides is 1. The van der Waals surface area contributed by atoms with Crippen LogP contribution in [0, 0.1) is 6.92 Å². The first kappa shape index (κ1) is 21.8.